The van der Waals surface area contributed by atoms with E-state index in [0.29, 0.717) is 17.2 Å². The van der Waals surface area contributed by atoms with Crippen molar-refractivity contribution in [3.05, 3.63) is 66.4 Å². The molecule has 1 aromatic heterocycles. The predicted octanol–water partition coefficient (Wildman–Crippen LogP) is 4.05. The number of carbonyl (C=O) groups excluding carboxylic acids is 2. The Balaban J connectivity index is 1.80. The van der Waals surface area contributed by atoms with E-state index in [-0.39, 0.29) is 11.7 Å². The van der Waals surface area contributed by atoms with Gasteiger partial charge >= 0.3 is 0 Å². The number of rotatable bonds is 5. The van der Waals surface area contributed by atoms with E-state index in [0.717, 1.165) is 16.9 Å². The van der Waals surface area contributed by atoms with Gasteiger partial charge in [0.25, 0.3) is 0 Å². The highest BCUT2D eigenvalue weighted by molar-refractivity contribution is 5.95. The molecule has 0 saturated heterocycles. The largest absolute Gasteiger partial charge is 0.340 e. The van der Waals surface area contributed by atoms with E-state index in [1.165, 1.54) is 13.8 Å². The third kappa shape index (κ3) is 4.30. The van der Waals surface area contributed by atoms with Crippen LogP contribution in [-0.4, -0.2) is 21.7 Å². The fraction of sp³-hybridized carbons (Fsp3) is 0.100. The van der Waals surface area contributed by atoms with Crippen LogP contribution >= 0.6 is 0 Å². The second kappa shape index (κ2) is 7.57. The first-order valence-corrected chi connectivity index (χ1v) is 8.10. The van der Waals surface area contributed by atoms with Gasteiger partial charge in [-0.25, -0.2) is 9.97 Å². The number of anilines is 3. The molecule has 0 aliphatic rings. The average molecular weight is 346 g/mol. The van der Waals surface area contributed by atoms with Crippen LogP contribution in [0.3, 0.4) is 0 Å². The lowest BCUT2D eigenvalue weighted by atomic mass is 10.1. The van der Waals surface area contributed by atoms with Crippen LogP contribution in [0.15, 0.2) is 60.8 Å². The molecule has 1 heterocycles. The van der Waals surface area contributed by atoms with Crippen LogP contribution in [0.2, 0.25) is 0 Å². The van der Waals surface area contributed by atoms with Crippen molar-refractivity contribution in [1.29, 1.82) is 0 Å². The zero-order valence-electron chi connectivity index (χ0n) is 14.5. The molecule has 0 unspecified atom stereocenters. The number of benzene rings is 2. The molecule has 26 heavy (non-hydrogen) atoms. The maximum Gasteiger partial charge on any atom is 0.221 e. The van der Waals surface area contributed by atoms with Crippen LogP contribution in [0.5, 0.6) is 0 Å². The van der Waals surface area contributed by atoms with Crippen molar-refractivity contribution in [2.45, 2.75) is 13.8 Å². The van der Waals surface area contributed by atoms with Crippen molar-refractivity contribution in [2.24, 2.45) is 0 Å². The molecule has 0 atom stereocenters. The standard InChI is InChI=1S/C20H18N4O2/c1-13(25)15-4-3-5-16(12-15)20-21-11-10-19(24-20)23-18-8-6-17(7-9-18)22-14(2)26/h3-12H,1-2H3,(H,22,26)(H,21,23,24). The lowest BCUT2D eigenvalue weighted by molar-refractivity contribution is -0.114. The minimum absolute atomic E-state index is 0.000361. The van der Waals surface area contributed by atoms with Crippen molar-refractivity contribution in [2.75, 3.05) is 10.6 Å². The number of amides is 1. The molecule has 0 saturated carbocycles. The van der Waals surface area contributed by atoms with Gasteiger partial charge in [-0.15, -0.1) is 0 Å². The van der Waals surface area contributed by atoms with Crippen LogP contribution in [0.4, 0.5) is 17.2 Å². The zero-order valence-corrected chi connectivity index (χ0v) is 14.5. The van der Waals surface area contributed by atoms with Crippen LogP contribution in [0.1, 0.15) is 24.2 Å². The van der Waals surface area contributed by atoms with Gasteiger partial charge in [0.05, 0.1) is 0 Å². The number of ketones is 1. The molecule has 130 valence electrons. The van der Waals surface area contributed by atoms with E-state index in [9.17, 15) is 9.59 Å². The lowest BCUT2D eigenvalue weighted by Crippen LogP contribution is -2.05. The van der Waals surface area contributed by atoms with E-state index >= 15 is 0 Å². The predicted molar refractivity (Wildman–Crippen MR) is 102 cm³/mol. The Morgan fingerprint density at radius 1 is 0.923 bits per heavy atom. The highest BCUT2D eigenvalue weighted by atomic mass is 16.1. The molecule has 6 heteroatoms. The van der Waals surface area contributed by atoms with Crippen molar-refractivity contribution < 1.29 is 9.59 Å². The van der Waals surface area contributed by atoms with E-state index < -0.39 is 0 Å². The molecule has 1 amide bonds. The van der Waals surface area contributed by atoms with E-state index in [2.05, 4.69) is 20.6 Å². The van der Waals surface area contributed by atoms with Gasteiger partial charge in [-0.3, -0.25) is 9.59 Å². The molecular weight excluding hydrogens is 328 g/mol. The Bertz CT molecular complexity index is 952. The van der Waals surface area contributed by atoms with E-state index in [1.54, 1.807) is 24.4 Å². The summed E-state index contributed by atoms with van der Waals surface area (Å²) in [5.41, 5.74) is 2.97. The van der Waals surface area contributed by atoms with Gasteiger partial charge in [0.2, 0.25) is 5.91 Å². The van der Waals surface area contributed by atoms with Gasteiger partial charge in [0.15, 0.2) is 11.6 Å². The first-order valence-electron chi connectivity index (χ1n) is 8.10. The van der Waals surface area contributed by atoms with Crippen molar-refractivity contribution in [1.82, 2.24) is 9.97 Å². The highest BCUT2D eigenvalue weighted by Gasteiger charge is 2.06. The van der Waals surface area contributed by atoms with Crippen LogP contribution in [0, 0.1) is 0 Å². The fourth-order valence-corrected chi connectivity index (χ4v) is 2.43. The first kappa shape index (κ1) is 17.3. The molecule has 6 nitrogen and oxygen atoms in total. The molecule has 0 fully saturated rings. The number of nitrogens with zero attached hydrogens (tertiary/aromatic N) is 2. The quantitative estimate of drug-likeness (QED) is 0.681. The molecule has 3 aromatic rings. The van der Waals surface area contributed by atoms with E-state index in [4.69, 9.17) is 0 Å². The van der Waals surface area contributed by atoms with Crippen LogP contribution in [-0.2, 0) is 4.79 Å². The number of Topliss-reactive ketones (excluding diaryl/α,β-unsaturated/α-hetero) is 1. The van der Waals surface area contributed by atoms with E-state index in [1.807, 2.05) is 36.4 Å². The molecule has 3 rings (SSSR count). The summed E-state index contributed by atoms with van der Waals surface area (Å²) in [6, 6.07) is 16.3. The first-order chi connectivity index (χ1) is 12.5. The third-order valence-electron chi connectivity index (χ3n) is 3.66. The summed E-state index contributed by atoms with van der Waals surface area (Å²) < 4.78 is 0. The number of carbonyl (C=O) groups is 2. The number of hydrogen-bond acceptors (Lipinski definition) is 5. The average Bonchev–Trinajstić information content (AvgIpc) is 2.63. The normalized spacial score (nSPS) is 10.2. The summed E-state index contributed by atoms with van der Waals surface area (Å²) in [5.74, 6) is 1.06. The molecule has 0 radical (unpaired) electrons. The maximum atomic E-state index is 11.6. The number of nitrogens with one attached hydrogen (secondary N) is 2. The molecule has 0 aliphatic carbocycles. The SMILES string of the molecule is CC(=O)Nc1ccc(Nc2ccnc(-c3cccc(C(C)=O)c3)n2)cc1. The van der Waals surface area contributed by atoms with Crippen LogP contribution < -0.4 is 10.6 Å². The Kier molecular flexibility index (Phi) is 5.03. The monoisotopic (exact) mass is 346 g/mol. The van der Waals surface area contributed by atoms with Gasteiger partial charge in [0, 0.05) is 35.6 Å². The third-order valence-corrected chi connectivity index (χ3v) is 3.66. The Morgan fingerprint density at radius 3 is 2.35 bits per heavy atom. The highest BCUT2D eigenvalue weighted by Crippen LogP contribution is 2.21. The second-order valence-electron chi connectivity index (χ2n) is 5.79. The topological polar surface area (TPSA) is 84.0 Å². The summed E-state index contributed by atoms with van der Waals surface area (Å²) in [6.45, 7) is 3.00. The Labute approximate surface area is 151 Å². The molecule has 0 bridgehead atoms. The minimum Gasteiger partial charge on any atom is -0.340 e. The molecule has 2 N–H and O–H groups in total. The van der Waals surface area contributed by atoms with Gasteiger partial charge in [-0.05, 0) is 43.3 Å². The molecule has 0 spiro atoms. The van der Waals surface area contributed by atoms with Crippen LogP contribution in [0.25, 0.3) is 11.4 Å². The van der Waals surface area contributed by atoms with Gasteiger partial charge in [-0.2, -0.15) is 0 Å². The fourth-order valence-electron chi connectivity index (χ4n) is 2.43. The summed E-state index contributed by atoms with van der Waals surface area (Å²) in [4.78, 5) is 31.4. The molecular formula is C20H18N4O2. The van der Waals surface area contributed by atoms with Gasteiger partial charge < -0.3 is 10.6 Å². The lowest BCUT2D eigenvalue weighted by Gasteiger charge is -2.09. The summed E-state index contributed by atoms with van der Waals surface area (Å²) in [7, 11) is 0. The van der Waals surface area contributed by atoms with Gasteiger partial charge in [-0.1, -0.05) is 18.2 Å². The molecule has 2 aromatic carbocycles. The summed E-state index contributed by atoms with van der Waals surface area (Å²) in [5, 5.41) is 5.92. The van der Waals surface area contributed by atoms with Crippen molar-refractivity contribution in [3.8, 4) is 11.4 Å². The van der Waals surface area contributed by atoms with Crippen molar-refractivity contribution >= 4 is 28.9 Å². The maximum absolute atomic E-state index is 11.6. The van der Waals surface area contributed by atoms with Crippen molar-refractivity contribution in [3.63, 3.8) is 0 Å². The summed E-state index contributed by atoms with van der Waals surface area (Å²) in [6.07, 6.45) is 1.66. The Hall–Kier alpha value is -3.54. The number of hydrogen-bond donors (Lipinski definition) is 2. The zero-order chi connectivity index (χ0) is 18.5. The summed E-state index contributed by atoms with van der Waals surface area (Å²) >= 11 is 0. The smallest absolute Gasteiger partial charge is 0.221 e. The minimum atomic E-state index is -0.112. The van der Waals surface area contributed by atoms with Gasteiger partial charge in [0.1, 0.15) is 5.82 Å². The molecule has 0 aliphatic heterocycles. The Morgan fingerprint density at radius 2 is 1.65 bits per heavy atom. The number of aromatic nitrogens is 2. The second-order valence-corrected chi connectivity index (χ2v) is 5.79.